The SMILES string of the molecule is COc1ccc(-c2ccc(=O)n(Cc3ccc(Cl)cc3)n2)c(OC)c1. The van der Waals surface area contributed by atoms with Crippen molar-refractivity contribution in [2.75, 3.05) is 14.2 Å². The summed E-state index contributed by atoms with van der Waals surface area (Å²) in [4.78, 5) is 12.2. The maximum Gasteiger partial charge on any atom is 0.267 e. The zero-order valence-electron chi connectivity index (χ0n) is 13.9. The molecule has 6 heteroatoms. The lowest BCUT2D eigenvalue weighted by Crippen LogP contribution is -2.22. The summed E-state index contributed by atoms with van der Waals surface area (Å²) < 4.78 is 12.1. The second-order valence-electron chi connectivity index (χ2n) is 5.41. The fourth-order valence-electron chi connectivity index (χ4n) is 2.48. The van der Waals surface area contributed by atoms with Gasteiger partial charge in [0.05, 0.1) is 26.5 Å². The van der Waals surface area contributed by atoms with Crippen molar-refractivity contribution in [3.8, 4) is 22.8 Å². The highest BCUT2D eigenvalue weighted by Crippen LogP contribution is 2.31. The summed E-state index contributed by atoms with van der Waals surface area (Å²) in [5.41, 5.74) is 2.20. The Labute approximate surface area is 150 Å². The first-order chi connectivity index (χ1) is 12.1. The average Bonchev–Trinajstić information content (AvgIpc) is 2.65. The third-order valence-electron chi connectivity index (χ3n) is 3.80. The lowest BCUT2D eigenvalue weighted by molar-refractivity contribution is 0.395. The van der Waals surface area contributed by atoms with E-state index in [4.69, 9.17) is 21.1 Å². The summed E-state index contributed by atoms with van der Waals surface area (Å²) in [5, 5.41) is 5.13. The molecule has 0 amide bonds. The van der Waals surface area contributed by atoms with Crippen LogP contribution in [0, 0.1) is 0 Å². The highest BCUT2D eigenvalue weighted by Gasteiger charge is 2.11. The quantitative estimate of drug-likeness (QED) is 0.700. The molecule has 0 fully saturated rings. The van der Waals surface area contributed by atoms with Crippen LogP contribution in [0.4, 0.5) is 0 Å². The van der Waals surface area contributed by atoms with Gasteiger partial charge >= 0.3 is 0 Å². The maximum atomic E-state index is 12.2. The predicted octanol–water partition coefficient (Wildman–Crippen LogP) is 3.63. The highest BCUT2D eigenvalue weighted by atomic mass is 35.5. The Bertz CT molecular complexity index is 936. The van der Waals surface area contributed by atoms with Crippen LogP contribution in [0.1, 0.15) is 5.56 Å². The zero-order chi connectivity index (χ0) is 17.8. The summed E-state index contributed by atoms with van der Waals surface area (Å²) in [6, 6.07) is 16.0. The van der Waals surface area contributed by atoms with E-state index < -0.39 is 0 Å². The summed E-state index contributed by atoms with van der Waals surface area (Å²) in [5.74, 6) is 1.32. The highest BCUT2D eigenvalue weighted by molar-refractivity contribution is 6.30. The minimum atomic E-state index is -0.175. The van der Waals surface area contributed by atoms with E-state index in [-0.39, 0.29) is 5.56 Å². The lowest BCUT2D eigenvalue weighted by Gasteiger charge is -2.11. The average molecular weight is 357 g/mol. The van der Waals surface area contributed by atoms with Crippen molar-refractivity contribution >= 4 is 11.6 Å². The molecule has 5 nitrogen and oxygen atoms in total. The van der Waals surface area contributed by atoms with Gasteiger partial charge in [-0.25, -0.2) is 4.68 Å². The molecule has 3 rings (SSSR count). The number of rotatable bonds is 5. The van der Waals surface area contributed by atoms with Crippen molar-refractivity contribution < 1.29 is 9.47 Å². The molecule has 0 radical (unpaired) electrons. The van der Waals surface area contributed by atoms with E-state index in [9.17, 15) is 4.79 Å². The van der Waals surface area contributed by atoms with E-state index >= 15 is 0 Å². The predicted molar refractivity (Wildman–Crippen MR) is 97.6 cm³/mol. The summed E-state index contributed by atoms with van der Waals surface area (Å²) in [6.45, 7) is 0.363. The minimum absolute atomic E-state index is 0.175. The van der Waals surface area contributed by atoms with Crippen LogP contribution < -0.4 is 15.0 Å². The van der Waals surface area contributed by atoms with Crippen molar-refractivity contribution in [2.24, 2.45) is 0 Å². The third kappa shape index (κ3) is 3.83. The summed E-state index contributed by atoms with van der Waals surface area (Å²) in [7, 11) is 3.18. The van der Waals surface area contributed by atoms with E-state index in [1.165, 1.54) is 10.7 Å². The van der Waals surface area contributed by atoms with E-state index in [1.54, 1.807) is 38.5 Å². The first-order valence-corrected chi connectivity index (χ1v) is 8.03. The van der Waals surface area contributed by atoms with Crippen LogP contribution in [0.3, 0.4) is 0 Å². The molecule has 0 atom stereocenters. The Balaban J connectivity index is 1.99. The molecule has 0 aliphatic heterocycles. The molecular weight excluding hydrogens is 340 g/mol. The van der Waals surface area contributed by atoms with Gasteiger partial charge in [-0.05, 0) is 35.9 Å². The van der Waals surface area contributed by atoms with Crippen molar-refractivity contribution in [1.82, 2.24) is 9.78 Å². The number of benzene rings is 2. The maximum absolute atomic E-state index is 12.2. The Hall–Kier alpha value is -2.79. The van der Waals surface area contributed by atoms with Crippen LogP contribution in [0.2, 0.25) is 5.02 Å². The van der Waals surface area contributed by atoms with Gasteiger partial charge < -0.3 is 9.47 Å². The Morgan fingerprint density at radius 1 is 1.00 bits per heavy atom. The van der Waals surface area contributed by atoms with Gasteiger partial charge in [0.2, 0.25) is 0 Å². The van der Waals surface area contributed by atoms with E-state index in [0.29, 0.717) is 28.8 Å². The Kier molecular flexibility index (Phi) is 5.05. The molecule has 25 heavy (non-hydrogen) atoms. The van der Waals surface area contributed by atoms with Gasteiger partial charge in [0.25, 0.3) is 5.56 Å². The smallest absolute Gasteiger partial charge is 0.267 e. The van der Waals surface area contributed by atoms with Gasteiger partial charge in [-0.3, -0.25) is 4.79 Å². The summed E-state index contributed by atoms with van der Waals surface area (Å²) in [6.07, 6.45) is 0. The van der Waals surface area contributed by atoms with Crippen molar-refractivity contribution in [3.63, 3.8) is 0 Å². The summed E-state index contributed by atoms with van der Waals surface area (Å²) >= 11 is 5.90. The van der Waals surface area contributed by atoms with Crippen LogP contribution in [0.15, 0.2) is 59.4 Å². The van der Waals surface area contributed by atoms with Gasteiger partial charge in [-0.2, -0.15) is 5.10 Å². The molecule has 2 aromatic carbocycles. The van der Waals surface area contributed by atoms with Crippen LogP contribution >= 0.6 is 11.6 Å². The second kappa shape index (κ2) is 7.40. The zero-order valence-corrected chi connectivity index (χ0v) is 14.7. The number of methoxy groups -OCH3 is 2. The molecule has 0 unspecified atom stereocenters. The van der Waals surface area contributed by atoms with Gasteiger partial charge in [0, 0.05) is 22.7 Å². The van der Waals surface area contributed by atoms with Gasteiger partial charge in [0.1, 0.15) is 11.5 Å². The fraction of sp³-hybridized carbons (Fsp3) is 0.158. The molecule has 0 saturated heterocycles. The molecule has 0 aliphatic rings. The number of halogens is 1. The van der Waals surface area contributed by atoms with E-state index in [0.717, 1.165) is 11.1 Å². The lowest BCUT2D eigenvalue weighted by atomic mass is 10.1. The monoisotopic (exact) mass is 356 g/mol. The van der Waals surface area contributed by atoms with Crippen molar-refractivity contribution in [3.05, 3.63) is 75.5 Å². The molecule has 3 aromatic rings. The van der Waals surface area contributed by atoms with Crippen LogP contribution in [-0.4, -0.2) is 24.0 Å². The van der Waals surface area contributed by atoms with Crippen molar-refractivity contribution in [1.29, 1.82) is 0 Å². The number of hydrogen-bond acceptors (Lipinski definition) is 4. The van der Waals surface area contributed by atoms with Crippen molar-refractivity contribution in [2.45, 2.75) is 6.54 Å². The molecular formula is C19H17ClN2O3. The molecule has 1 heterocycles. The van der Waals surface area contributed by atoms with Crippen LogP contribution in [0.5, 0.6) is 11.5 Å². The topological polar surface area (TPSA) is 53.4 Å². The third-order valence-corrected chi connectivity index (χ3v) is 4.05. The molecule has 0 N–H and O–H groups in total. The Morgan fingerprint density at radius 2 is 1.76 bits per heavy atom. The van der Waals surface area contributed by atoms with Gasteiger partial charge in [-0.15, -0.1) is 0 Å². The van der Waals surface area contributed by atoms with Crippen LogP contribution in [0.25, 0.3) is 11.3 Å². The van der Waals surface area contributed by atoms with E-state index in [1.807, 2.05) is 24.3 Å². The van der Waals surface area contributed by atoms with Crippen LogP contribution in [-0.2, 0) is 6.54 Å². The fourth-order valence-corrected chi connectivity index (χ4v) is 2.60. The van der Waals surface area contributed by atoms with Gasteiger partial charge in [-0.1, -0.05) is 23.7 Å². The second-order valence-corrected chi connectivity index (χ2v) is 5.84. The number of hydrogen-bond donors (Lipinski definition) is 0. The van der Waals surface area contributed by atoms with E-state index in [2.05, 4.69) is 5.10 Å². The molecule has 0 spiro atoms. The number of aromatic nitrogens is 2. The first-order valence-electron chi connectivity index (χ1n) is 7.65. The normalized spacial score (nSPS) is 10.5. The van der Waals surface area contributed by atoms with Gasteiger partial charge in [0.15, 0.2) is 0 Å². The molecule has 1 aromatic heterocycles. The first kappa shape index (κ1) is 17.0. The number of nitrogens with zero attached hydrogens (tertiary/aromatic N) is 2. The standard InChI is InChI=1S/C19H17ClN2O3/c1-24-15-7-8-16(18(11-15)25-2)17-9-10-19(23)22(21-17)12-13-3-5-14(20)6-4-13/h3-11H,12H2,1-2H3. The molecule has 0 aliphatic carbocycles. The molecule has 128 valence electrons. The molecule has 0 bridgehead atoms. The Morgan fingerprint density at radius 3 is 2.44 bits per heavy atom. The molecule has 0 saturated carbocycles. The minimum Gasteiger partial charge on any atom is -0.497 e. The number of ether oxygens (including phenoxy) is 2. The largest absolute Gasteiger partial charge is 0.497 e.